The Balaban J connectivity index is 0.000000216. The zero-order valence-electron chi connectivity index (χ0n) is 31.7. The van der Waals surface area contributed by atoms with Gasteiger partial charge >= 0.3 is 4.70 Å². The highest BCUT2D eigenvalue weighted by Gasteiger charge is 2.45. The van der Waals surface area contributed by atoms with Gasteiger partial charge in [-0.05, 0) is 136 Å². The minimum atomic E-state index is -0.889. The number of carbonyl (C=O) groups is 1. The Morgan fingerprint density at radius 3 is 1.21 bits per heavy atom. The van der Waals surface area contributed by atoms with Gasteiger partial charge in [-0.15, -0.1) is 0 Å². The van der Waals surface area contributed by atoms with Gasteiger partial charge in [-0.2, -0.15) is 0 Å². The molecule has 1 atom stereocenters. The Bertz CT molecular complexity index is 1820. The maximum absolute atomic E-state index is 9.67. The van der Waals surface area contributed by atoms with E-state index in [0.717, 1.165) is 24.0 Å². The molecule has 5 aromatic rings. The molecule has 6 rings (SSSR count). The monoisotopic (exact) mass is 754 g/mol. The summed E-state index contributed by atoms with van der Waals surface area (Å²) in [6.45, 7) is 15.8. The summed E-state index contributed by atoms with van der Waals surface area (Å²) in [5.74, 6) is 1.80. The summed E-state index contributed by atoms with van der Waals surface area (Å²) in [6.07, 6.45) is 3.39. The first-order chi connectivity index (χ1) is 24.7. The molecule has 7 heteroatoms. The van der Waals surface area contributed by atoms with Crippen molar-refractivity contribution < 1.29 is 25.2 Å². The topological polar surface area (TPSA) is 98.0 Å². The molecule has 1 aliphatic carbocycles. The van der Waals surface area contributed by atoms with Crippen LogP contribution >= 0.6 is 23.2 Å². The number of phenols is 4. The first kappa shape index (κ1) is 41.3. The first-order valence-corrected chi connectivity index (χ1v) is 18.6. The van der Waals surface area contributed by atoms with Crippen molar-refractivity contribution in [2.75, 3.05) is 0 Å². The SMILES string of the molecule is CC(C)(c1ccc(O)cc1)c1cccc(C(C)(C)c2ccc(O)cc2)c1.CC1CC(C)(C)CC(c2ccc(O)cc2)(c2ccc(O)cc2)C1.O=C(Cl)Cl. The first-order valence-electron chi connectivity index (χ1n) is 17.9. The van der Waals surface area contributed by atoms with Crippen LogP contribution in [0.2, 0.25) is 0 Å². The fraction of sp³-hybridized carbons (Fsp3) is 0.326. The Hall–Kier alpha value is -4.45. The van der Waals surface area contributed by atoms with Crippen LogP contribution in [-0.4, -0.2) is 25.1 Å². The van der Waals surface area contributed by atoms with Crippen LogP contribution in [0.15, 0.2) is 121 Å². The highest BCUT2D eigenvalue weighted by Crippen LogP contribution is 2.53. The molecule has 280 valence electrons. The molecule has 0 spiro atoms. The predicted octanol–water partition coefficient (Wildman–Crippen LogP) is 12.6. The maximum atomic E-state index is 9.67. The summed E-state index contributed by atoms with van der Waals surface area (Å²) in [4.78, 5) is 8.98. The van der Waals surface area contributed by atoms with Gasteiger partial charge in [0.2, 0.25) is 0 Å². The van der Waals surface area contributed by atoms with Gasteiger partial charge in [0.1, 0.15) is 23.0 Å². The van der Waals surface area contributed by atoms with Crippen LogP contribution in [0, 0.1) is 11.3 Å². The van der Waals surface area contributed by atoms with Crippen molar-refractivity contribution in [1.82, 2.24) is 0 Å². The van der Waals surface area contributed by atoms with Gasteiger partial charge < -0.3 is 20.4 Å². The molecular weight excluding hydrogens is 703 g/mol. The minimum absolute atomic E-state index is 0.0669. The van der Waals surface area contributed by atoms with Crippen molar-refractivity contribution in [2.24, 2.45) is 11.3 Å². The van der Waals surface area contributed by atoms with Crippen molar-refractivity contribution in [3.8, 4) is 23.0 Å². The van der Waals surface area contributed by atoms with Crippen molar-refractivity contribution in [3.05, 3.63) is 155 Å². The number of hydrogen-bond acceptors (Lipinski definition) is 5. The summed E-state index contributed by atoms with van der Waals surface area (Å²) in [6, 6.07) is 38.9. The quantitative estimate of drug-likeness (QED) is 0.129. The Morgan fingerprint density at radius 2 is 0.887 bits per heavy atom. The van der Waals surface area contributed by atoms with Crippen LogP contribution in [-0.2, 0) is 16.2 Å². The number of hydrogen-bond donors (Lipinski definition) is 4. The van der Waals surface area contributed by atoms with E-state index in [-0.39, 0.29) is 33.2 Å². The normalized spacial score (nSPS) is 16.3. The number of phenolic OH excluding ortho intramolecular Hbond substituents is 4. The zero-order chi connectivity index (χ0) is 39.2. The van der Waals surface area contributed by atoms with Crippen molar-refractivity contribution in [2.45, 2.75) is 84.0 Å². The molecule has 0 amide bonds. The molecule has 0 radical (unpaired) electrons. The zero-order valence-corrected chi connectivity index (χ0v) is 33.2. The number of aromatic hydroxyl groups is 4. The van der Waals surface area contributed by atoms with Gasteiger partial charge in [-0.25, -0.2) is 0 Å². The van der Waals surface area contributed by atoms with Gasteiger partial charge in [-0.3, -0.25) is 4.79 Å². The summed E-state index contributed by atoms with van der Waals surface area (Å²) in [5.41, 5.74) is 7.13. The van der Waals surface area contributed by atoms with Crippen molar-refractivity contribution in [3.63, 3.8) is 0 Å². The van der Waals surface area contributed by atoms with E-state index in [4.69, 9.17) is 4.79 Å². The van der Waals surface area contributed by atoms with Crippen LogP contribution in [0.25, 0.3) is 0 Å². The fourth-order valence-electron chi connectivity index (χ4n) is 8.13. The average Bonchev–Trinajstić information content (AvgIpc) is 3.08. The lowest BCUT2D eigenvalue weighted by Crippen LogP contribution is -2.41. The van der Waals surface area contributed by atoms with Gasteiger partial charge in [0.15, 0.2) is 0 Å². The highest BCUT2D eigenvalue weighted by atomic mass is 35.5. The minimum Gasteiger partial charge on any atom is -0.508 e. The van der Waals surface area contributed by atoms with Gasteiger partial charge in [0.25, 0.3) is 0 Å². The molecule has 4 N–H and O–H groups in total. The molecule has 5 aromatic carbocycles. The van der Waals surface area contributed by atoms with Crippen molar-refractivity contribution in [1.29, 1.82) is 0 Å². The molecule has 1 saturated carbocycles. The average molecular weight is 756 g/mol. The second kappa shape index (κ2) is 16.7. The van der Waals surface area contributed by atoms with E-state index in [2.05, 4.69) is 120 Å². The van der Waals surface area contributed by atoms with E-state index < -0.39 is 4.70 Å². The molecular formula is C46H52Cl2O5. The van der Waals surface area contributed by atoms with Crippen LogP contribution in [0.1, 0.15) is 101 Å². The van der Waals surface area contributed by atoms with Crippen LogP contribution < -0.4 is 0 Å². The number of halogens is 2. The predicted molar refractivity (Wildman–Crippen MR) is 218 cm³/mol. The summed E-state index contributed by atoms with van der Waals surface area (Å²) in [7, 11) is 0. The fourth-order valence-corrected chi connectivity index (χ4v) is 8.13. The molecule has 0 saturated heterocycles. The highest BCUT2D eigenvalue weighted by molar-refractivity contribution is 6.93. The van der Waals surface area contributed by atoms with E-state index in [1.54, 1.807) is 48.5 Å². The number of rotatable bonds is 6. The third-order valence-corrected chi connectivity index (χ3v) is 10.7. The van der Waals surface area contributed by atoms with Crippen molar-refractivity contribution >= 4 is 27.9 Å². The molecule has 53 heavy (non-hydrogen) atoms. The van der Waals surface area contributed by atoms with Gasteiger partial charge in [0, 0.05) is 16.2 Å². The lowest BCUT2D eigenvalue weighted by Gasteiger charge is -2.48. The van der Waals surface area contributed by atoms with E-state index in [1.807, 2.05) is 24.3 Å². The third-order valence-electron chi connectivity index (χ3n) is 10.7. The second-order valence-electron chi connectivity index (χ2n) is 16.2. The summed E-state index contributed by atoms with van der Waals surface area (Å²) in [5, 5.41) is 38.5. The van der Waals surface area contributed by atoms with E-state index in [0.29, 0.717) is 17.4 Å². The lowest BCUT2D eigenvalue weighted by atomic mass is 9.55. The van der Waals surface area contributed by atoms with E-state index in [1.165, 1.54) is 28.7 Å². The summed E-state index contributed by atoms with van der Waals surface area (Å²) < 4.78 is -0.889. The molecule has 0 bridgehead atoms. The van der Waals surface area contributed by atoms with Gasteiger partial charge in [0.05, 0.1) is 0 Å². The van der Waals surface area contributed by atoms with Crippen LogP contribution in [0.3, 0.4) is 0 Å². The number of carbonyl (C=O) groups excluding carboxylic acids is 1. The van der Waals surface area contributed by atoms with Crippen LogP contribution in [0.5, 0.6) is 23.0 Å². The Kier molecular flexibility index (Phi) is 13.0. The molecule has 0 aliphatic heterocycles. The molecule has 5 nitrogen and oxygen atoms in total. The largest absolute Gasteiger partial charge is 0.508 e. The molecule has 1 unspecified atom stereocenters. The smallest absolute Gasteiger partial charge is 0.313 e. The number of benzene rings is 5. The second-order valence-corrected chi connectivity index (χ2v) is 17.1. The third kappa shape index (κ3) is 10.4. The van der Waals surface area contributed by atoms with Crippen LogP contribution in [0.4, 0.5) is 4.79 Å². The Labute approximate surface area is 324 Å². The molecule has 1 fully saturated rings. The Morgan fingerprint density at radius 1 is 0.566 bits per heavy atom. The van der Waals surface area contributed by atoms with E-state index >= 15 is 0 Å². The lowest BCUT2D eigenvalue weighted by molar-refractivity contribution is 0.127. The van der Waals surface area contributed by atoms with E-state index in [9.17, 15) is 20.4 Å². The van der Waals surface area contributed by atoms with Gasteiger partial charge in [-0.1, -0.05) is 121 Å². The summed E-state index contributed by atoms with van der Waals surface area (Å²) >= 11 is 8.80. The standard InChI is InChI=1S/C24H26O2.C21H26O2.CCl2O/c1-23(2,17-8-12-21(25)13-9-17)19-6-5-7-20(16-19)24(3,4)18-10-14-22(26)15-11-18;1-15-12-20(2,3)14-21(13-15,16-4-8-18(22)9-5-16)17-6-10-19(23)11-7-17;2-1(3)4/h5-16,25-26H,1-4H3;4-11,15,22-23H,12-14H2,1-3H3;. The molecule has 0 heterocycles. The maximum Gasteiger partial charge on any atom is 0.313 e. The molecule has 1 aliphatic rings. The molecule has 0 aromatic heterocycles.